The fraction of sp³-hybridized carbons (Fsp3) is 0.417. The number of hydrogen-bond donors (Lipinski definition) is 2. The molecule has 0 bridgehead atoms. The molecular formula is C12H17NO2. The lowest BCUT2D eigenvalue weighted by Gasteiger charge is -2.26. The molecule has 1 aromatic rings. The van der Waals surface area contributed by atoms with Gasteiger partial charge in [-0.15, -0.1) is 0 Å². The van der Waals surface area contributed by atoms with Gasteiger partial charge in [-0.3, -0.25) is 10.1 Å². The average molecular weight is 207 g/mol. The molecule has 1 atom stereocenters. The van der Waals surface area contributed by atoms with Crippen molar-refractivity contribution < 1.29 is 9.90 Å². The third kappa shape index (κ3) is 3.72. The molecule has 0 aliphatic heterocycles. The van der Waals surface area contributed by atoms with Gasteiger partial charge in [-0.1, -0.05) is 30.3 Å². The van der Waals surface area contributed by atoms with Crippen LogP contribution in [0.4, 0.5) is 0 Å². The van der Waals surface area contributed by atoms with Crippen molar-refractivity contribution in [2.45, 2.75) is 32.4 Å². The fourth-order valence-corrected chi connectivity index (χ4v) is 1.37. The molecular weight excluding hydrogens is 190 g/mol. The van der Waals surface area contributed by atoms with Gasteiger partial charge in [-0.25, -0.2) is 0 Å². The van der Waals surface area contributed by atoms with E-state index in [0.717, 1.165) is 5.56 Å². The number of nitrogens with one attached hydrogen (secondary N) is 1. The van der Waals surface area contributed by atoms with Crippen LogP contribution in [0.25, 0.3) is 0 Å². The summed E-state index contributed by atoms with van der Waals surface area (Å²) >= 11 is 0. The monoisotopic (exact) mass is 207 g/mol. The molecule has 0 spiro atoms. The molecule has 82 valence electrons. The Bertz CT molecular complexity index is 327. The van der Waals surface area contributed by atoms with Crippen LogP contribution in [-0.4, -0.2) is 16.6 Å². The van der Waals surface area contributed by atoms with Gasteiger partial charge in [-0.05, 0) is 26.3 Å². The van der Waals surface area contributed by atoms with Gasteiger partial charge in [0.1, 0.15) is 6.04 Å². The second-order valence-electron chi connectivity index (χ2n) is 4.58. The summed E-state index contributed by atoms with van der Waals surface area (Å²) in [4.78, 5) is 11.1. The number of benzene rings is 1. The Balaban J connectivity index is 2.90. The second-order valence-corrected chi connectivity index (χ2v) is 4.58. The Labute approximate surface area is 90.1 Å². The maximum Gasteiger partial charge on any atom is 0.325 e. The van der Waals surface area contributed by atoms with Gasteiger partial charge in [0.05, 0.1) is 0 Å². The minimum atomic E-state index is -0.851. The predicted molar refractivity (Wildman–Crippen MR) is 59.7 cm³/mol. The van der Waals surface area contributed by atoms with Crippen LogP contribution in [0, 0.1) is 0 Å². The van der Waals surface area contributed by atoms with E-state index in [1.54, 1.807) is 0 Å². The molecule has 0 radical (unpaired) electrons. The van der Waals surface area contributed by atoms with Crippen molar-refractivity contribution in [3.05, 3.63) is 35.9 Å². The normalized spacial score (nSPS) is 13.5. The summed E-state index contributed by atoms with van der Waals surface area (Å²) in [6.45, 7) is 5.85. The standard InChI is InChI=1S/C12H17NO2/c1-12(2,3)13-10(11(14)15)9-7-5-4-6-8-9/h4-8,10,13H,1-3H3,(H,14,15). The molecule has 3 heteroatoms. The summed E-state index contributed by atoms with van der Waals surface area (Å²) in [6.07, 6.45) is 0. The van der Waals surface area contributed by atoms with E-state index in [4.69, 9.17) is 5.11 Å². The molecule has 0 heterocycles. The molecule has 0 aromatic heterocycles. The zero-order chi connectivity index (χ0) is 11.5. The van der Waals surface area contributed by atoms with Crippen molar-refractivity contribution >= 4 is 5.97 Å². The summed E-state index contributed by atoms with van der Waals surface area (Å²) in [5, 5.41) is 12.2. The van der Waals surface area contributed by atoms with Gasteiger partial charge in [0, 0.05) is 5.54 Å². The quantitative estimate of drug-likeness (QED) is 0.798. The minimum Gasteiger partial charge on any atom is -0.480 e. The molecule has 1 aromatic carbocycles. The Morgan fingerprint density at radius 1 is 1.27 bits per heavy atom. The third-order valence-electron chi connectivity index (χ3n) is 1.96. The highest BCUT2D eigenvalue weighted by atomic mass is 16.4. The van der Waals surface area contributed by atoms with Crippen molar-refractivity contribution in [3.8, 4) is 0 Å². The predicted octanol–water partition coefficient (Wildman–Crippen LogP) is 2.20. The molecule has 1 rings (SSSR count). The molecule has 0 amide bonds. The minimum absolute atomic E-state index is 0.223. The van der Waals surface area contributed by atoms with Gasteiger partial charge in [0.15, 0.2) is 0 Å². The smallest absolute Gasteiger partial charge is 0.325 e. The summed E-state index contributed by atoms with van der Waals surface area (Å²) in [5.41, 5.74) is 0.554. The van der Waals surface area contributed by atoms with E-state index in [2.05, 4.69) is 5.32 Å². The summed E-state index contributed by atoms with van der Waals surface area (Å²) in [7, 11) is 0. The molecule has 0 aliphatic carbocycles. The SMILES string of the molecule is CC(C)(C)NC(C(=O)O)c1ccccc1. The van der Waals surface area contributed by atoms with E-state index in [1.807, 2.05) is 51.1 Å². The lowest BCUT2D eigenvalue weighted by atomic mass is 10.0. The molecule has 0 fully saturated rings. The Morgan fingerprint density at radius 3 is 2.20 bits per heavy atom. The lowest BCUT2D eigenvalue weighted by Crippen LogP contribution is -2.42. The number of aliphatic carboxylic acids is 1. The van der Waals surface area contributed by atoms with Crippen LogP contribution in [0.5, 0.6) is 0 Å². The maximum absolute atomic E-state index is 11.1. The Morgan fingerprint density at radius 2 is 1.80 bits per heavy atom. The van der Waals surface area contributed by atoms with E-state index in [-0.39, 0.29) is 5.54 Å². The number of hydrogen-bond acceptors (Lipinski definition) is 2. The highest BCUT2D eigenvalue weighted by Crippen LogP contribution is 2.16. The van der Waals surface area contributed by atoms with Crippen molar-refractivity contribution in [1.29, 1.82) is 0 Å². The number of rotatable bonds is 3. The first-order valence-electron chi connectivity index (χ1n) is 4.95. The van der Waals surface area contributed by atoms with Gasteiger partial charge < -0.3 is 5.11 Å². The van der Waals surface area contributed by atoms with Crippen LogP contribution in [0.1, 0.15) is 32.4 Å². The third-order valence-corrected chi connectivity index (χ3v) is 1.96. The van der Waals surface area contributed by atoms with Gasteiger partial charge in [0.2, 0.25) is 0 Å². The fourth-order valence-electron chi connectivity index (χ4n) is 1.37. The number of carbonyl (C=O) groups is 1. The molecule has 0 aliphatic rings. The first kappa shape index (κ1) is 11.7. The molecule has 2 N–H and O–H groups in total. The van der Waals surface area contributed by atoms with Crippen LogP contribution < -0.4 is 5.32 Å². The largest absolute Gasteiger partial charge is 0.480 e. The summed E-state index contributed by atoms with van der Waals surface area (Å²) < 4.78 is 0. The van der Waals surface area contributed by atoms with Crippen LogP contribution >= 0.6 is 0 Å². The van der Waals surface area contributed by atoms with Gasteiger partial charge in [0.25, 0.3) is 0 Å². The first-order chi connectivity index (χ1) is 6.90. The van der Waals surface area contributed by atoms with Crippen molar-refractivity contribution in [2.75, 3.05) is 0 Å². The molecule has 3 nitrogen and oxygen atoms in total. The first-order valence-corrected chi connectivity index (χ1v) is 4.95. The Kier molecular flexibility index (Phi) is 3.48. The molecule has 0 saturated heterocycles. The highest BCUT2D eigenvalue weighted by Gasteiger charge is 2.24. The van der Waals surface area contributed by atoms with Gasteiger partial charge >= 0.3 is 5.97 Å². The lowest BCUT2D eigenvalue weighted by molar-refractivity contribution is -0.140. The van der Waals surface area contributed by atoms with E-state index in [9.17, 15) is 4.79 Å². The summed E-state index contributed by atoms with van der Waals surface area (Å²) in [5.74, 6) is -0.851. The van der Waals surface area contributed by atoms with Gasteiger partial charge in [-0.2, -0.15) is 0 Å². The number of carboxylic acid groups (broad SMARTS) is 1. The van der Waals surface area contributed by atoms with Crippen LogP contribution in [0.2, 0.25) is 0 Å². The van der Waals surface area contributed by atoms with Crippen LogP contribution in [0.3, 0.4) is 0 Å². The topological polar surface area (TPSA) is 49.3 Å². The van der Waals surface area contributed by atoms with Crippen LogP contribution in [0.15, 0.2) is 30.3 Å². The average Bonchev–Trinajstić information content (AvgIpc) is 2.14. The van der Waals surface area contributed by atoms with E-state index in [1.165, 1.54) is 0 Å². The molecule has 0 saturated carbocycles. The zero-order valence-corrected chi connectivity index (χ0v) is 9.32. The van der Waals surface area contributed by atoms with Crippen molar-refractivity contribution in [2.24, 2.45) is 0 Å². The zero-order valence-electron chi connectivity index (χ0n) is 9.32. The number of carboxylic acids is 1. The molecule has 1 unspecified atom stereocenters. The maximum atomic E-state index is 11.1. The van der Waals surface area contributed by atoms with Crippen LogP contribution in [-0.2, 0) is 4.79 Å². The van der Waals surface area contributed by atoms with E-state index < -0.39 is 12.0 Å². The van der Waals surface area contributed by atoms with E-state index >= 15 is 0 Å². The van der Waals surface area contributed by atoms with Crippen molar-refractivity contribution in [1.82, 2.24) is 5.32 Å². The summed E-state index contributed by atoms with van der Waals surface area (Å²) in [6, 6.07) is 8.55. The van der Waals surface area contributed by atoms with Crippen molar-refractivity contribution in [3.63, 3.8) is 0 Å². The highest BCUT2D eigenvalue weighted by molar-refractivity contribution is 5.75. The Hall–Kier alpha value is -1.35. The van der Waals surface area contributed by atoms with E-state index in [0.29, 0.717) is 0 Å². The second kappa shape index (κ2) is 4.45. The molecule has 15 heavy (non-hydrogen) atoms.